The zero-order chi connectivity index (χ0) is 22.7. The fraction of sp³-hybridized carbons (Fsp3) is 0.391. The van der Waals surface area contributed by atoms with E-state index in [-0.39, 0.29) is 23.8 Å². The normalized spacial score (nSPS) is 18.7. The molecule has 1 saturated heterocycles. The van der Waals surface area contributed by atoms with Crippen molar-refractivity contribution >= 4 is 27.6 Å². The van der Waals surface area contributed by atoms with Gasteiger partial charge in [-0.05, 0) is 49.1 Å². The highest BCUT2D eigenvalue weighted by Gasteiger charge is 2.34. The van der Waals surface area contributed by atoms with Crippen molar-refractivity contribution in [1.29, 1.82) is 0 Å². The summed E-state index contributed by atoms with van der Waals surface area (Å²) >= 11 is 0. The summed E-state index contributed by atoms with van der Waals surface area (Å²) in [6, 6.07) is 13.8. The number of anilines is 1. The van der Waals surface area contributed by atoms with Crippen molar-refractivity contribution in [2.75, 3.05) is 31.6 Å². The fourth-order valence-corrected chi connectivity index (χ4v) is 5.53. The van der Waals surface area contributed by atoms with Crippen LogP contribution >= 0.6 is 0 Å². The maximum atomic E-state index is 13.0. The summed E-state index contributed by atoms with van der Waals surface area (Å²) in [4.78, 5) is 26.8. The number of rotatable bonds is 6. The van der Waals surface area contributed by atoms with Crippen LogP contribution in [-0.4, -0.2) is 57.4 Å². The second-order valence-electron chi connectivity index (χ2n) is 7.86. The Kier molecular flexibility index (Phi) is 6.48. The Labute approximate surface area is 187 Å². The van der Waals surface area contributed by atoms with Gasteiger partial charge in [-0.25, -0.2) is 13.2 Å². The zero-order valence-corrected chi connectivity index (χ0v) is 18.7. The predicted octanol–water partition coefficient (Wildman–Crippen LogP) is 2.37. The maximum absolute atomic E-state index is 13.0. The van der Waals surface area contributed by atoms with Crippen LogP contribution in [0.25, 0.3) is 0 Å². The molecule has 9 heteroatoms. The minimum absolute atomic E-state index is 0.0789. The molecule has 1 unspecified atom stereocenters. The van der Waals surface area contributed by atoms with Crippen molar-refractivity contribution in [2.45, 2.75) is 36.7 Å². The minimum Gasteiger partial charge on any atom is -0.475 e. The van der Waals surface area contributed by atoms with Gasteiger partial charge in [0.25, 0.3) is 0 Å². The highest BCUT2D eigenvalue weighted by Crippen LogP contribution is 2.34. The molecular formula is C23H26N2O6S. The van der Waals surface area contributed by atoms with Crippen molar-refractivity contribution in [3.05, 3.63) is 54.1 Å². The highest BCUT2D eigenvalue weighted by molar-refractivity contribution is 7.89. The second kappa shape index (κ2) is 9.30. The lowest BCUT2D eigenvalue weighted by molar-refractivity contribution is -0.148. The first-order chi connectivity index (χ1) is 15.4. The van der Waals surface area contributed by atoms with E-state index in [2.05, 4.69) is 0 Å². The molecule has 2 aromatic carbocycles. The topological polar surface area (TPSA) is 93.2 Å². The van der Waals surface area contributed by atoms with Gasteiger partial charge in [0.1, 0.15) is 5.75 Å². The van der Waals surface area contributed by atoms with Crippen LogP contribution in [0.15, 0.2) is 53.4 Å². The molecule has 0 saturated carbocycles. The largest absolute Gasteiger partial charge is 0.475 e. The number of hydrogen-bond acceptors (Lipinski definition) is 6. The molecule has 0 aliphatic carbocycles. The molecule has 0 aromatic heterocycles. The van der Waals surface area contributed by atoms with Gasteiger partial charge >= 0.3 is 5.97 Å². The van der Waals surface area contributed by atoms with E-state index >= 15 is 0 Å². The first kappa shape index (κ1) is 22.3. The Morgan fingerprint density at radius 1 is 1.06 bits per heavy atom. The lowest BCUT2D eigenvalue weighted by Gasteiger charge is -2.33. The quantitative estimate of drug-likeness (QED) is 0.617. The van der Waals surface area contributed by atoms with Crippen LogP contribution in [0.5, 0.6) is 5.75 Å². The van der Waals surface area contributed by atoms with E-state index < -0.39 is 22.1 Å². The molecule has 170 valence electrons. The summed E-state index contributed by atoms with van der Waals surface area (Å²) in [5.74, 6) is -0.227. The Morgan fingerprint density at radius 3 is 2.44 bits per heavy atom. The molecule has 0 radical (unpaired) electrons. The fourth-order valence-electron chi connectivity index (χ4n) is 4.02. The number of benzene rings is 2. The van der Waals surface area contributed by atoms with Gasteiger partial charge in [0.15, 0.2) is 0 Å². The van der Waals surface area contributed by atoms with E-state index in [1.165, 1.54) is 11.4 Å². The Bertz CT molecular complexity index is 1090. The van der Waals surface area contributed by atoms with Crippen LogP contribution in [0.1, 0.15) is 24.8 Å². The van der Waals surface area contributed by atoms with E-state index in [9.17, 15) is 18.0 Å². The van der Waals surface area contributed by atoms with Gasteiger partial charge in [-0.1, -0.05) is 24.3 Å². The highest BCUT2D eigenvalue weighted by atomic mass is 32.2. The summed E-state index contributed by atoms with van der Waals surface area (Å²) in [7, 11) is -2.17. The third kappa shape index (κ3) is 4.49. The molecule has 1 fully saturated rings. The first-order valence-electron chi connectivity index (χ1n) is 10.6. The number of sulfonamides is 1. The number of aryl methyl sites for hydroxylation is 1. The van der Waals surface area contributed by atoms with Gasteiger partial charge in [0, 0.05) is 19.5 Å². The number of fused-ring (bicyclic) bond motifs is 1. The number of esters is 1. The smallest absolute Gasteiger partial charge is 0.348 e. The third-order valence-electron chi connectivity index (χ3n) is 5.79. The number of para-hydroxylation sites is 2. The van der Waals surface area contributed by atoms with Crippen molar-refractivity contribution < 1.29 is 27.5 Å². The van der Waals surface area contributed by atoms with Gasteiger partial charge in [-0.2, -0.15) is 4.31 Å². The Balaban J connectivity index is 1.43. The summed E-state index contributed by atoms with van der Waals surface area (Å²) < 4.78 is 37.3. The minimum atomic E-state index is -3.45. The predicted molar refractivity (Wildman–Crippen MR) is 118 cm³/mol. The summed E-state index contributed by atoms with van der Waals surface area (Å²) in [5.41, 5.74) is 1.48. The Hall–Kier alpha value is -2.91. The summed E-state index contributed by atoms with van der Waals surface area (Å²) in [6.07, 6.45) is 1.56. The number of hydrogen-bond donors (Lipinski definition) is 0. The van der Waals surface area contributed by atoms with Crippen LogP contribution in [-0.2, 0) is 30.8 Å². The number of amides is 1. The van der Waals surface area contributed by atoms with Crippen LogP contribution in [0.4, 0.5) is 5.69 Å². The van der Waals surface area contributed by atoms with Crippen molar-refractivity contribution in [3.63, 3.8) is 0 Å². The van der Waals surface area contributed by atoms with Crippen molar-refractivity contribution in [3.8, 4) is 5.75 Å². The summed E-state index contributed by atoms with van der Waals surface area (Å²) in [6.45, 7) is 1.20. The molecule has 0 N–H and O–H groups in total. The molecule has 2 aromatic rings. The number of carbonyl (C=O) groups excluding carboxylic acids is 2. The van der Waals surface area contributed by atoms with Crippen molar-refractivity contribution in [1.82, 2.24) is 4.31 Å². The van der Waals surface area contributed by atoms with E-state index in [0.29, 0.717) is 30.9 Å². The van der Waals surface area contributed by atoms with Crippen LogP contribution in [0.3, 0.4) is 0 Å². The monoisotopic (exact) mass is 458 g/mol. The van der Waals surface area contributed by atoms with E-state index in [1.807, 2.05) is 0 Å². The molecule has 2 aliphatic rings. The molecule has 1 atom stereocenters. The average molecular weight is 459 g/mol. The van der Waals surface area contributed by atoms with E-state index in [4.69, 9.17) is 9.47 Å². The first-order valence-corrected chi connectivity index (χ1v) is 12.1. The molecule has 2 heterocycles. The number of ether oxygens (including phenoxy) is 2. The number of methoxy groups -OCH3 is 1. The maximum Gasteiger partial charge on any atom is 0.348 e. The molecule has 0 bridgehead atoms. The molecule has 0 spiro atoms. The molecular weight excluding hydrogens is 432 g/mol. The van der Waals surface area contributed by atoms with Crippen molar-refractivity contribution in [2.24, 2.45) is 0 Å². The number of carbonyl (C=O) groups is 2. The van der Waals surface area contributed by atoms with E-state index in [0.717, 1.165) is 18.4 Å². The molecule has 1 amide bonds. The lowest BCUT2D eigenvalue weighted by Crippen LogP contribution is -2.47. The third-order valence-corrected chi connectivity index (χ3v) is 7.71. The Morgan fingerprint density at radius 2 is 1.75 bits per heavy atom. The zero-order valence-electron chi connectivity index (χ0n) is 17.9. The standard InChI is InChI=1S/C23H26N2O6S/c1-30-23(27)21-16-25(19-6-2-3-7-20(19)31-21)22(26)13-10-17-8-11-18(12-9-17)32(28,29)24-14-4-5-15-24/h2-3,6-9,11-12,21H,4-5,10,13-16H2,1H3. The van der Waals surface area contributed by atoms with Gasteiger partial charge in [-0.3, -0.25) is 4.79 Å². The van der Waals surface area contributed by atoms with Gasteiger partial charge in [-0.15, -0.1) is 0 Å². The van der Waals surface area contributed by atoms with Crippen LogP contribution < -0.4 is 9.64 Å². The van der Waals surface area contributed by atoms with Crippen LogP contribution in [0.2, 0.25) is 0 Å². The molecule has 4 rings (SSSR count). The molecule has 8 nitrogen and oxygen atoms in total. The number of nitrogens with zero attached hydrogens (tertiary/aromatic N) is 2. The van der Waals surface area contributed by atoms with Crippen LogP contribution in [0, 0.1) is 0 Å². The average Bonchev–Trinajstić information content (AvgIpc) is 3.37. The van der Waals surface area contributed by atoms with Gasteiger partial charge in [0.05, 0.1) is 24.2 Å². The SMILES string of the molecule is COC(=O)C1CN(C(=O)CCc2ccc(S(=O)(=O)N3CCCC3)cc2)c2ccccc2O1. The van der Waals surface area contributed by atoms with Gasteiger partial charge in [0.2, 0.25) is 22.0 Å². The van der Waals surface area contributed by atoms with E-state index in [1.54, 1.807) is 53.4 Å². The second-order valence-corrected chi connectivity index (χ2v) is 9.79. The summed E-state index contributed by atoms with van der Waals surface area (Å²) in [5, 5.41) is 0. The lowest BCUT2D eigenvalue weighted by atomic mass is 10.1. The van der Waals surface area contributed by atoms with Gasteiger partial charge < -0.3 is 14.4 Å². The molecule has 32 heavy (non-hydrogen) atoms. The molecule has 2 aliphatic heterocycles.